The van der Waals surface area contributed by atoms with Crippen molar-refractivity contribution < 1.29 is 9.21 Å². The number of carbonyl (C=O) groups excluding carboxylic acids is 1. The molecule has 0 aliphatic heterocycles. The fourth-order valence-corrected chi connectivity index (χ4v) is 3.19. The number of rotatable bonds is 5. The third kappa shape index (κ3) is 2.41. The first-order valence-electron chi connectivity index (χ1n) is 7.29. The molecule has 0 spiro atoms. The molecule has 2 aliphatic carbocycles. The van der Waals surface area contributed by atoms with Crippen LogP contribution in [0.25, 0.3) is 0 Å². The highest BCUT2D eigenvalue weighted by Gasteiger charge is 2.46. The molecule has 2 aliphatic rings. The Morgan fingerprint density at radius 1 is 1.42 bits per heavy atom. The maximum absolute atomic E-state index is 12.9. The van der Waals surface area contributed by atoms with E-state index in [1.54, 1.807) is 6.26 Å². The molecule has 2 fully saturated rings. The van der Waals surface area contributed by atoms with Gasteiger partial charge in [-0.2, -0.15) is 0 Å². The SMILES string of the molecule is NCC1(C(=O)N(Cc2ccco2)C2CC2)CCCC1. The molecule has 104 valence electrons. The van der Waals surface area contributed by atoms with Crippen LogP contribution < -0.4 is 5.73 Å². The summed E-state index contributed by atoms with van der Waals surface area (Å²) in [7, 11) is 0. The van der Waals surface area contributed by atoms with Gasteiger partial charge in [0.25, 0.3) is 0 Å². The van der Waals surface area contributed by atoms with Gasteiger partial charge in [0.05, 0.1) is 18.2 Å². The van der Waals surface area contributed by atoms with Gasteiger partial charge in [0.2, 0.25) is 5.91 Å². The number of carbonyl (C=O) groups is 1. The standard InChI is InChI=1S/C15H22N2O2/c16-11-15(7-1-2-8-15)14(18)17(12-5-6-12)10-13-4-3-9-19-13/h3-4,9,12H,1-2,5-8,10-11,16H2. The van der Waals surface area contributed by atoms with Gasteiger partial charge < -0.3 is 15.1 Å². The second-order valence-electron chi connectivity index (χ2n) is 5.94. The van der Waals surface area contributed by atoms with Crippen molar-refractivity contribution in [1.29, 1.82) is 0 Å². The summed E-state index contributed by atoms with van der Waals surface area (Å²) in [5.41, 5.74) is 5.63. The van der Waals surface area contributed by atoms with Gasteiger partial charge in [-0.25, -0.2) is 0 Å². The van der Waals surface area contributed by atoms with Crippen LogP contribution in [0.1, 0.15) is 44.3 Å². The second-order valence-corrected chi connectivity index (χ2v) is 5.94. The van der Waals surface area contributed by atoms with Crippen LogP contribution in [-0.4, -0.2) is 23.4 Å². The largest absolute Gasteiger partial charge is 0.467 e. The summed E-state index contributed by atoms with van der Waals surface area (Å²) >= 11 is 0. The molecule has 19 heavy (non-hydrogen) atoms. The molecule has 0 aromatic carbocycles. The third-order valence-electron chi connectivity index (χ3n) is 4.56. The Kier molecular flexibility index (Phi) is 3.35. The lowest BCUT2D eigenvalue weighted by atomic mass is 9.84. The highest BCUT2D eigenvalue weighted by atomic mass is 16.3. The van der Waals surface area contributed by atoms with Gasteiger partial charge in [0.1, 0.15) is 5.76 Å². The first kappa shape index (κ1) is 12.7. The number of amides is 1. The number of nitrogens with zero attached hydrogens (tertiary/aromatic N) is 1. The van der Waals surface area contributed by atoms with Crippen molar-refractivity contribution in [3.63, 3.8) is 0 Å². The van der Waals surface area contributed by atoms with E-state index in [0.29, 0.717) is 19.1 Å². The van der Waals surface area contributed by atoms with Crippen LogP contribution in [0.2, 0.25) is 0 Å². The zero-order valence-electron chi connectivity index (χ0n) is 11.3. The molecule has 1 aromatic heterocycles. The first-order valence-corrected chi connectivity index (χ1v) is 7.29. The molecular weight excluding hydrogens is 240 g/mol. The molecule has 4 nitrogen and oxygen atoms in total. The zero-order chi connectivity index (χ0) is 13.3. The van der Waals surface area contributed by atoms with Crippen molar-refractivity contribution in [2.45, 2.75) is 51.1 Å². The molecule has 0 bridgehead atoms. The summed E-state index contributed by atoms with van der Waals surface area (Å²) < 4.78 is 5.40. The number of hydrogen-bond acceptors (Lipinski definition) is 3. The van der Waals surface area contributed by atoms with E-state index in [0.717, 1.165) is 44.3 Å². The van der Waals surface area contributed by atoms with Gasteiger partial charge in [-0.05, 0) is 37.8 Å². The lowest BCUT2D eigenvalue weighted by molar-refractivity contribution is -0.143. The zero-order valence-corrected chi connectivity index (χ0v) is 11.3. The molecule has 1 aromatic rings. The van der Waals surface area contributed by atoms with Crippen molar-refractivity contribution in [2.24, 2.45) is 11.1 Å². The highest BCUT2D eigenvalue weighted by Crippen LogP contribution is 2.41. The van der Waals surface area contributed by atoms with E-state index in [4.69, 9.17) is 10.2 Å². The van der Waals surface area contributed by atoms with Crippen LogP contribution >= 0.6 is 0 Å². The number of hydrogen-bond donors (Lipinski definition) is 1. The normalized spacial score (nSPS) is 21.5. The fraction of sp³-hybridized carbons (Fsp3) is 0.667. The van der Waals surface area contributed by atoms with Crippen molar-refractivity contribution in [1.82, 2.24) is 4.90 Å². The molecule has 0 atom stereocenters. The number of nitrogens with two attached hydrogens (primary N) is 1. The summed E-state index contributed by atoms with van der Waals surface area (Å²) in [6, 6.07) is 4.22. The van der Waals surface area contributed by atoms with Gasteiger partial charge in [-0.3, -0.25) is 4.79 Å². The van der Waals surface area contributed by atoms with Crippen LogP contribution in [0.3, 0.4) is 0 Å². The summed E-state index contributed by atoms with van der Waals surface area (Å²) in [6.45, 7) is 1.07. The molecule has 4 heteroatoms. The van der Waals surface area contributed by atoms with Gasteiger partial charge in [-0.1, -0.05) is 12.8 Å². The quantitative estimate of drug-likeness (QED) is 0.885. The predicted molar refractivity (Wildman–Crippen MR) is 72.2 cm³/mol. The molecule has 0 unspecified atom stereocenters. The maximum atomic E-state index is 12.9. The van der Waals surface area contributed by atoms with Gasteiger partial charge in [0.15, 0.2) is 0 Å². The van der Waals surface area contributed by atoms with E-state index in [1.165, 1.54) is 0 Å². The van der Waals surface area contributed by atoms with Crippen molar-refractivity contribution in [3.8, 4) is 0 Å². The molecule has 3 rings (SSSR count). The molecule has 2 N–H and O–H groups in total. The van der Waals surface area contributed by atoms with E-state index in [-0.39, 0.29) is 11.3 Å². The minimum atomic E-state index is -0.296. The third-order valence-corrected chi connectivity index (χ3v) is 4.56. The summed E-state index contributed by atoms with van der Waals surface area (Å²) in [4.78, 5) is 14.9. The Morgan fingerprint density at radius 2 is 2.16 bits per heavy atom. The predicted octanol–water partition coefficient (Wildman–Crippen LogP) is 2.29. The summed E-state index contributed by atoms with van der Waals surface area (Å²) in [5, 5.41) is 0. The van der Waals surface area contributed by atoms with E-state index in [2.05, 4.69) is 0 Å². The van der Waals surface area contributed by atoms with E-state index < -0.39 is 0 Å². The van der Waals surface area contributed by atoms with Gasteiger partial charge in [0, 0.05) is 12.6 Å². The lowest BCUT2D eigenvalue weighted by Gasteiger charge is -2.33. The van der Waals surface area contributed by atoms with E-state index >= 15 is 0 Å². The Morgan fingerprint density at radius 3 is 2.68 bits per heavy atom. The fourth-order valence-electron chi connectivity index (χ4n) is 3.19. The summed E-state index contributed by atoms with van der Waals surface area (Å²) in [6.07, 6.45) is 8.05. The van der Waals surface area contributed by atoms with Crippen molar-refractivity contribution in [3.05, 3.63) is 24.2 Å². The molecule has 0 radical (unpaired) electrons. The second kappa shape index (κ2) is 5.00. The molecule has 0 saturated heterocycles. The topological polar surface area (TPSA) is 59.5 Å². The average Bonchev–Trinajstić information content (AvgIpc) is 2.96. The van der Waals surface area contributed by atoms with Crippen LogP contribution in [0.5, 0.6) is 0 Å². The van der Waals surface area contributed by atoms with Crippen LogP contribution in [0, 0.1) is 5.41 Å². The lowest BCUT2D eigenvalue weighted by Crippen LogP contribution is -2.47. The Labute approximate surface area is 113 Å². The van der Waals surface area contributed by atoms with Crippen LogP contribution in [0.15, 0.2) is 22.8 Å². The van der Waals surface area contributed by atoms with E-state index in [1.807, 2.05) is 17.0 Å². The maximum Gasteiger partial charge on any atom is 0.230 e. The van der Waals surface area contributed by atoms with E-state index in [9.17, 15) is 4.79 Å². The van der Waals surface area contributed by atoms with Crippen LogP contribution in [-0.2, 0) is 11.3 Å². The van der Waals surface area contributed by atoms with Crippen LogP contribution in [0.4, 0.5) is 0 Å². The Hall–Kier alpha value is -1.29. The average molecular weight is 262 g/mol. The monoisotopic (exact) mass is 262 g/mol. The molecule has 1 heterocycles. The van der Waals surface area contributed by atoms with Crippen molar-refractivity contribution in [2.75, 3.05) is 6.54 Å². The van der Waals surface area contributed by atoms with Gasteiger partial charge in [-0.15, -0.1) is 0 Å². The number of furan rings is 1. The van der Waals surface area contributed by atoms with Crippen molar-refractivity contribution >= 4 is 5.91 Å². The first-order chi connectivity index (χ1) is 9.25. The Bertz CT molecular complexity index is 431. The minimum Gasteiger partial charge on any atom is -0.467 e. The molecule has 1 amide bonds. The summed E-state index contributed by atoms with van der Waals surface area (Å²) in [5.74, 6) is 1.12. The highest BCUT2D eigenvalue weighted by molar-refractivity contribution is 5.84. The smallest absolute Gasteiger partial charge is 0.230 e. The Balaban J connectivity index is 1.77. The van der Waals surface area contributed by atoms with Gasteiger partial charge >= 0.3 is 0 Å². The minimum absolute atomic E-state index is 0.256. The molecule has 2 saturated carbocycles. The molecular formula is C15H22N2O2.